The second kappa shape index (κ2) is 6.02. The van der Waals surface area contributed by atoms with Crippen molar-refractivity contribution in [2.75, 3.05) is 0 Å². The van der Waals surface area contributed by atoms with Crippen molar-refractivity contribution in [2.24, 2.45) is 0 Å². The highest BCUT2D eigenvalue weighted by atomic mass is 127. The number of hydrogen-bond donors (Lipinski definition) is 1. The molecule has 0 bridgehead atoms. The first-order valence-corrected chi connectivity index (χ1v) is 6.44. The van der Waals surface area contributed by atoms with Gasteiger partial charge >= 0.3 is 0 Å². The third-order valence-corrected chi connectivity index (χ3v) is 2.99. The number of rotatable bonds is 4. The first-order valence-electron chi connectivity index (χ1n) is 5.36. The molecule has 0 aromatic carbocycles. The van der Waals surface area contributed by atoms with E-state index in [4.69, 9.17) is 0 Å². The molecule has 1 N–H and O–H groups in total. The van der Waals surface area contributed by atoms with Crippen molar-refractivity contribution in [1.82, 2.24) is 20.3 Å². The third kappa shape index (κ3) is 3.71. The molecule has 0 spiro atoms. The second-order valence-corrected chi connectivity index (χ2v) is 4.92. The second-order valence-electron chi connectivity index (χ2n) is 3.68. The van der Waals surface area contributed by atoms with Gasteiger partial charge in [-0.25, -0.2) is 9.97 Å². The molecule has 1 atom stereocenters. The highest BCUT2D eigenvalue weighted by molar-refractivity contribution is 14.1. The molecule has 0 aliphatic rings. The summed E-state index contributed by atoms with van der Waals surface area (Å²) in [6.07, 6.45) is 5.37. The van der Waals surface area contributed by atoms with Crippen LogP contribution in [0.15, 0.2) is 36.8 Å². The Balaban J connectivity index is 1.92. The number of nitrogens with one attached hydrogen (secondary N) is 1. The summed E-state index contributed by atoms with van der Waals surface area (Å²) >= 11 is 2.24. The molecule has 0 unspecified atom stereocenters. The molecule has 0 amide bonds. The van der Waals surface area contributed by atoms with Gasteiger partial charge in [0, 0.05) is 28.7 Å². The molecule has 0 aliphatic heterocycles. The number of halogens is 1. The van der Waals surface area contributed by atoms with E-state index in [0.29, 0.717) is 0 Å². The van der Waals surface area contributed by atoms with Crippen LogP contribution in [0.4, 0.5) is 0 Å². The number of nitrogens with zero attached hydrogens (tertiary/aromatic N) is 3. The lowest BCUT2D eigenvalue weighted by Gasteiger charge is -2.11. The van der Waals surface area contributed by atoms with Crippen molar-refractivity contribution < 1.29 is 0 Å². The van der Waals surface area contributed by atoms with E-state index in [1.807, 2.05) is 31.3 Å². The van der Waals surface area contributed by atoms with Crippen LogP contribution < -0.4 is 5.32 Å². The van der Waals surface area contributed by atoms with Crippen molar-refractivity contribution in [3.63, 3.8) is 0 Å². The Labute approximate surface area is 114 Å². The summed E-state index contributed by atoms with van der Waals surface area (Å²) in [7, 11) is 0. The fraction of sp³-hybridized carbons (Fsp3) is 0.250. The van der Waals surface area contributed by atoms with Crippen LogP contribution in [0.1, 0.15) is 24.5 Å². The van der Waals surface area contributed by atoms with Crippen molar-refractivity contribution in [2.45, 2.75) is 19.5 Å². The molecule has 88 valence electrons. The van der Waals surface area contributed by atoms with Gasteiger partial charge in [-0.05, 0) is 47.7 Å². The average Bonchev–Trinajstić information content (AvgIpc) is 2.39. The van der Waals surface area contributed by atoms with E-state index < -0.39 is 0 Å². The number of aromatic nitrogens is 3. The molecule has 0 fully saturated rings. The first-order chi connectivity index (χ1) is 8.25. The molecular formula is C12H13IN4. The van der Waals surface area contributed by atoms with Crippen molar-refractivity contribution in [1.29, 1.82) is 0 Å². The predicted molar refractivity (Wildman–Crippen MR) is 74.2 cm³/mol. The van der Waals surface area contributed by atoms with Gasteiger partial charge in [-0.1, -0.05) is 0 Å². The summed E-state index contributed by atoms with van der Waals surface area (Å²) < 4.78 is 1.14. The summed E-state index contributed by atoms with van der Waals surface area (Å²) in [5, 5.41) is 3.34. The summed E-state index contributed by atoms with van der Waals surface area (Å²) in [6.45, 7) is 2.76. The van der Waals surface area contributed by atoms with E-state index in [0.717, 1.165) is 21.6 Å². The van der Waals surface area contributed by atoms with Gasteiger partial charge in [-0.3, -0.25) is 4.98 Å². The number of hydrogen-bond acceptors (Lipinski definition) is 4. The van der Waals surface area contributed by atoms with Gasteiger partial charge in [0.25, 0.3) is 0 Å². The molecule has 2 heterocycles. The molecule has 0 saturated heterocycles. The maximum atomic E-state index is 4.33. The normalized spacial score (nSPS) is 12.4. The molecule has 17 heavy (non-hydrogen) atoms. The van der Waals surface area contributed by atoms with Gasteiger partial charge in [-0.2, -0.15) is 0 Å². The predicted octanol–water partition coefficient (Wildman–Crippen LogP) is 2.33. The summed E-state index contributed by atoms with van der Waals surface area (Å²) in [5.74, 6) is 0.804. The third-order valence-electron chi connectivity index (χ3n) is 2.35. The van der Waals surface area contributed by atoms with Gasteiger partial charge in [0.15, 0.2) is 0 Å². The van der Waals surface area contributed by atoms with Crippen LogP contribution in [-0.4, -0.2) is 15.0 Å². The Kier molecular flexibility index (Phi) is 4.38. The van der Waals surface area contributed by atoms with Crippen LogP contribution in [0, 0.1) is 3.57 Å². The van der Waals surface area contributed by atoms with Crippen LogP contribution >= 0.6 is 22.6 Å². The zero-order valence-corrected chi connectivity index (χ0v) is 11.6. The molecule has 0 saturated carbocycles. The highest BCUT2D eigenvalue weighted by Crippen LogP contribution is 2.07. The Morgan fingerprint density at radius 1 is 1.24 bits per heavy atom. The van der Waals surface area contributed by atoms with Gasteiger partial charge in [0.1, 0.15) is 5.82 Å². The monoisotopic (exact) mass is 340 g/mol. The van der Waals surface area contributed by atoms with E-state index in [9.17, 15) is 0 Å². The minimum Gasteiger partial charge on any atom is -0.302 e. The summed E-state index contributed by atoms with van der Waals surface area (Å²) in [5.41, 5.74) is 1.02. The van der Waals surface area contributed by atoms with Crippen LogP contribution in [-0.2, 0) is 6.54 Å². The van der Waals surface area contributed by atoms with Gasteiger partial charge in [0.05, 0.1) is 11.7 Å². The fourth-order valence-electron chi connectivity index (χ4n) is 1.39. The maximum Gasteiger partial charge on any atom is 0.144 e. The quantitative estimate of drug-likeness (QED) is 0.868. The first kappa shape index (κ1) is 12.4. The van der Waals surface area contributed by atoms with E-state index in [2.05, 4.69) is 42.9 Å². The fourth-order valence-corrected chi connectivity index (χ4v) is 1.71. The Morgan fingerprint density at radius 3 is 2.65 bits per heavy atom. The molecular weight excluding hydrogens is 327 g/mol. The largest absolute Gasteiger partial charge is 0.302 e. The minimum absolute atomic E-state index is 0.122. The van der Waals surface area contributed by atoms with E-state index in [1.54, 1.807) is 12.4 Å². The average molecular weight is 340 g/mol. The molecule has 2 aromatic heterocycles. The lowest BCUT2D eigenvalue weighted by atomic mass is 10.3. The van der Waals surface area contributed by atoms with E-state index in [-0.39, 0.29) is 6.04 Å². The van der Waals surface area contributed by atoms with Gasteiger partial charge in [0.2, 0.25) is 0 Å². The lowest BCUT2D eigenvalue weighted by Crippen LogP contribution is -2.20. The Hall–Kier alpha value is -1.08. The van der Waals surface area contributed by atoms with Crippen LogP contribution in [0.2, 0.25) is 0 Å². The summed E-state index contributed by atoms with van der Waals surface area (Å²) in [4.78, 5) is 12.8. The summed E-state index contributed by atoms with van der Waals surface area (Å²) in [6, 6.07) is 6.01. The molecule has 2 aromatic rings. The smallest absolute Gasteiger partial charge is 0.144 e. The van der Waals surface area contributed by atoms with Gasteiger partial charge < -0.3 is 5.32 Å². The van der Waals surface area contributed by atoms with Crippen molar-refractivity contribution in [3.8, 4) is 0 Å². The van der Waals surface area contributed by atoms with Crippen LogP contribution in [0.25, 0.3) is 0 Å². The Bertz CT molecular complexity index is 458. The molecule has 2 rings (SSSR count). The molecule has 0 aliphatic carbocycles. The SMILES string of the molecule is C[C@@H](NCc1ccc(I)cn1)c1ncccn1. The maximum absolute atomic E-state index is 4.33. The molecule has 5 heteroatoms. The topological polar surface area (TPSA) is 50.7 Å². The molecule has 0 radical (unpaired) electrons. The Morgan fingerprint density at radius 2 is 2.00 bits per heavy atom. The standard InChI is InChI=1S/C12H13IN4/c1-9(12-14-5-2-6-15-12)16-8-11-4-3-10(13)7-17-11/h2-7,9,16H,8H2,1H3/t9-/m1/s1. The lowest BCUT2D eigenvalue weighted by molar-refractivity contribution is 0.540. The molecule has 4 nitrogen and oxygen atoms in total. The number of pyridine rings is 1. The van der Waals surface area contributed by atoms with E-state index >= 15 is 0 Å². The van der Waals surface area contributed by atoms with Crippen molar-refractivity contribution in [3.05, 3.63) is 51.9 Å². The van der Waals surface area contributed by atoms with Crippen LogP contribution in [0.3, 0.4) is 0 Å². The van der Waals surface area contributed by atoms with Crippen LogP contribution in [0.5, 0.6) is 0 Å². The zero-order chi connectivity index (χ0) is 12.1. The van der Waals surface area contributed by atoms with Gasteiger partial charge in [-0.15, -0.1) is 0 Å². The van der Waals surface area contributed by atoms with Crippen molar-refractivity contribution >= 4 is 22.6 Å². The van der Waals surface area contributed by atoms with E-state index in [1.165, 1.54) is 0 Å². The minimum atomic E-state index is 0.122. The highest BCUT2D eigenvalue weighted by Gasteiger charge is 2.06. The zero-order valence-electron chi connectivity index (χ0n) is 9.47.